The van der Waals surface area contributed by atoms with E-state index in [4.69, 9.17) is 4.98 Å². The molecule has 20 heavy (non-hydrogen) atoms. The third-order valence-corrected chi connectivity index (χ3v) is 3.62. The summed E-state index contributed by atoms with van der Waals surface area (Å²) in [5.74, 6) is 1.10. The molecular formula is C17H19N3. The first-order valence-electron chi connectivity index (χ1n) is 6.90. The van der Waals surface area contributed by atoms with Crippen molar-refractivity contribution >= 4 is 11.0 Å². The Morgan fingerprint density at radius 3 is 2.60 bits per heavy atom. The average Bonchev–Trinajstić information content (AvgIpc) is 2.77. The molecule has 1 N–H and O–H groups in total. The summed E-state index contributed by atoms with van der Waals surface area (Å²) in [5, 5.41) is 3.18. The maximum atomic E-state index is 4.79. The van der Waals surface area contributed by atoms with E-state index < -0.39 is 0 Å². The maximum Gasteiger partial charge on any atom is 0.114 e. The van der Waals surface area contributed by atoms with Crippen molar-refractivity contribution in [2.75, 3.05) is 7.05 Å². The number of aromatic nitrogens is 2. The molecule has 0 atom stereocenters. The van der Waals surface area contributed by atoms with Gasteiger partial charge in [0.15, 0.2) is 0 Å². The molecule has 0 bridgehead atoms. The largest absolute Gasteiger partial charge is 0.331 e. The molecule has 0 spiro atoms. The minimum atomic E-state index is 0.868. The van der Waals surface area contributed by atoms with Crippen LogP contribution in [0.3, 0.4) is 0 Å². The fraction of sp³-hybridized carbons (Fsp3) is 0.235. The van der Waals surface area contributed by atoms with Crippen LogP contribution in [0.2, 0.25) is 0 Å². The highest BCUT2D eigenvalue weighted by atomic mass is 15.1. The Bertz CT molecular complexity index is 714. The Morgan fingerprint density at radius 2 is 1.85 bits per heavy atom. The van der Waals surface area contributed by atoms with E-state index in [0.29, 0.717) is 0 Å². The van der Waals surface area contributed by atoms with Crippen LogP contribution in [-0.4, -0.2) is 16.6 Å². The fourth-order valence-electron chi connectivity index (χ4n) is 2.55. The smallest absolute Gasteiger partial charge is 0.114 e. The number of aryl methyl sites for hydroxylation is 1. The molecule has 3 aromatic rings. The number of nitrogens with zero attached hydrogens (tertiary/aromatic N) is 2. The normalized spacial score (nSPS) is 11.1. The van der Waals surface area contributed by atoms with E-state index >= 15 is 0 Å². The molecule has 3 rings (SSSR count). The number of hydrogen-bond donors (Lipinski definition) is 1. The summed E-state index contributed by atoms with van der Waals surface area (Å²) in [5.41, 5.74) is 4.83. The molecule has 0 aliphatic carbocycles. The van der Waals surface area contributed by atoms with Gasteiger partial charge in [-0.2, -0.15) is 0 Å². The van der Waals surface area contributed by atoms with Crippen molar-refractivity contribution in [2.45, 2.75) is 13.0 Å². The molecule has 1 aromatic heterocycles. The average molecular weight is 265 g/mol. The molecule has 0 aliphatic heterocycles. The number of rotatable bonds is 4. The van der Waals surface area contributed by atoms with Gasteiger partial charge < -0.3 is 9.88 Å². The number of benzene rings is 2. The summed E-state index contributed by atoms with van der Waals surface area (Å²) in [6.07, 6.45) is 0.868. The summed E-state index contributed by atoms with van der Waals surface area (Å²) < 4.78 is 2.19. The SMILES string of the molecule is CNCc1ccc2c(c1)nc(Cc1ccccc1)n2C. The van der Waals surface area contributed by atoms with Crippen molar-refractivity contribution in [3.05, 3.63) is 65.5 Å². The molecule has 0 saturated heterocycles. The lowest BCUT2D eigenvalue weighted by atomic mass is 10.1. The summed E-state index contributed by atoms with van der Waals surface area (Å²) in [6, 6.07) is 17.0. The molecule has 3 nitrogen and oxygen atoms in total. The van der Waals surface area contributed by atoms with E-state index in [-0.39, 0.29) is 0 Å². The Hall–Kier alpha value is -2.13. The van der Waals surface area contributed by atoms with Crippen molar-refractivity contribution < 1.29 is 0 Å². The second kappa shape index (κ2) is 5.47. The number of nitrogens with one attached hydrogen (secondary N) is 1. The zero-order valence-electron chi connectivity index (χ0n) is 11.9. The van der Waals surface area contributed by atoms with Gasteiger partial charge in [0.25, 0.3) is 0 Å². The summed E-state index contributed by atoms with van der Waals surface area (Å²) in [7, 11) is 4.05. The van der Waals surface area contributed by atoms with Gasteiger partial charge in [-0.1, -0.05) is 36.4 Å². The van der Waals surface area contributed by atoms with Crippen LogP contribution < -0.4 is 5.32 Å². The van der Waals surface area contributed by atoms with Crippen molar-refractivity contribution in [3.8, 4) is 0 Å². The van der Waals surface area contributed by atoms with Gasteiger partial charge in [0.05, 0.1) is 11.0 Å². The number of fused-ring (bicyclic) bond motifs is 1. The van der Waals surface area contributed by atoms with Gasteiger partial charge in [-0.15, -0.1) is 0 Å². The molecule has 0 amide bonds. The molecule has 2 aromatic carbocycles. The highest BCUT2D eigenvalue weighted by Gasteiger charge is 2.08. The Labute approximate surface area is 119 Å². The van der Waals surface area contributed by atoms with Gasteiger partial charge in [0.1, 0.15) is 5.82 Å². The molecular weight excluding hydrogens is 246 g/mol. The predicted molar refractivity (Wildman–Crippen MR) is 82.7 cm³/mol. The standard InChI is InChI=1S/C17H19N3/c1-18-12-14-8-9-16-15(10-14)19-17(20(16)2)11-13-6-4-3-5-7-13/h3-10,18H,11-12H2,1-2H3. The van der Waals surface area contributed by atoms with Crippen molar-refractivity contribution in [3.63, 3.8) is 0 Å². The van der Waals surface area contributed by atoms with E-state index in [0.717, 1.165) is 24.3 Å². The molecule has 0 saturated carbocycles. The molecule has 0 fully saturated rings. The summed E-state index contributed by atoms with van der Waals surface area (Å²) >= 11 is 0. The summed E-state index contributed by atoms with van der Waals surface area (Å²) in [4.78, 5) is 4.79. The van der Waals surface area contributed by atoms with Crippen LogP contribution >= 0.6 is 0 Å². The number of hydrogen-bond acceptors (Lipinski definition) is 2. The Morgan fingerprint density at radius 1 is 1.05 bits per heavy atom. The lowest BCUT2D eigenvalue weighted by Gasteiger charge is -2.03. The van der Waals surface area contributed by atoms with Gasteiger partial charge in [0, 0.05) is 20.0 Å². The van der Waals surface area contributed by atoms with Crippen LogP contribution in [0.1, 0.15) is 17.0 Å². The molecule has 1 heterocycles. The van der Waals surface area contributed by atoms with E-state index in [1.165, 1.54) is 16.6 Å². The van der Waals surface area contributed by atoms with E-state index in [1.54, 1.807) is 0 Å². The van der Waals surface area contributed by atoms with Crippen LogP contribution in [0, 0.1) is 0 Å². The lowest BCUT2D eigenvalue weighted by molar-refractivity contribution is 0.818. The predicted octanol–water partition coefficient (Wildman–Crippen LogP) is 2.88. The zero-order chi connectivity index (χ0) is 13.9. The minimum Gasteiger partial charge on any atom is -0.331 e. The Balaban J connectivity index is 1.97. The second-order valence-electron chi connectivity index (χ2n) is 5.10. The van der Waals surface area contributed by atoms with Crippen molar-refractivity contribution in [1.29, 1.82) is 0 Å². The monoisotopic (exact) mass is 265 g/mol. The first-order valence-corrected chi connectivity index (χ1v) is 6.90. The first-order chi connectivity index (χ1) is 9.78. The van der Waals surface area contributed by atoms with Crippen LogP contribution in [0.15, 0.2) is 48.5 Å². The quantitative estimate of drug-likeness (QED) is 0.786. The van der Waals surface area contributed by atoms with Gasteiger partial charge in [-0.05, 0) is 30.3 Å². The zero-order valence-corrected chi connectivity index (χ0v) is 11.9. The van der Waals surface area contributed by atoms with Gasteiger partial charge in [-0.25, -0.2) is 4.98 Å². The third kappa shape index (κ3) is 2.45. The Kier molecular flexibility index (Phi) is 3.52. The molecule has 102 valence electrons. The maximum absolute atomic E-state index is 4.79. The highest BCUT2D eigenvalue weighted by molar-refractivity contribution is 5.77. The van der Waals surface area contributed by atoms with Crippen LogP contribution in [0.25, 0.3) is 11.0 Å². The fourth-order valence-corrected chi connectivity index (χ4v) is 2.55. The van der Waals surface area contributed by atoms with Gasteiger partial charge in [-0.3, -0.25) is 0 Å². The van der Waals surface area contributed by atoms with Gasteiger partial charge in [0.2, 0.25) is 0 Å². The van der Waals surface area contributed by atoms with E-state index in [9.17, 15) is 0 Å². The lowest BCUT2D eigenvalue weighted by Crippen LogP contribution is -2.04. The topological polar surface area (TPSA) is 29.9 Å². The molecule has 0 unspecified atom stereocenters. The molecule has 0 radical (unpaired) electrons. The summed E-state index contributed by atoms with van der Waals surface area (Å²) in [6.45, 7) is 0.876. The van der Waals surface area contributed by atoms with Gasteiger partial charge >= 0.3 is 0 Å². The molecule has 3 heteroatoms. The number of imidazole rings is 1. The van der Waals surface area contributed by atoms with Crippen LogP contribution in [-0.2, 0) is 20.0 Å². The van der Waals surface area contributed by atoms with E-state index in [1.807, 2.05) is 13.1 Å². The minimum absolute atomic E-state index is 0.868. The molecule has 0 aliphatic rings. The van der Waals surface area contributed by atoms with Crippen molar-refractivity contribution in [1.82, 2.24) is 14.9 Å². The highest BCUT2D eigenvalue weighted by Crippen LogP contribution is 2.18. The van der Waals surface area contributed by atoms with Crippen molar-refractivity contribution in [2.24, 2.45) is 7.05 Å². The van der Waals surface area contributed by atoms with Crippen LogP contribution in [0.5, 0.6) is 0 Å². The first kappa shape index (κ1) is 12.9. The van der Waals surface area contributed by atoms with Crippen LogP contribution in [0.4, 0.5) is 0 Å². The van der Waals surface area contributed by atoms with E-state index in [2.05, 4.69) is 59.4 Å². The third-order valence-electron chi connectivity index (χ3n) is 3.62. The second-order valence-corrected chi connectivity index (χ2v) is 5.10.